The van der Waals surface area contributed by atoms with Crippen molar-refractivity contribution in [3.63, 3.8) is 0 Å². The van der Waals surface area contributed by atoms with Gasteiger partial charge in [0.25, 0.3) is 5.91 Å². The third-order valence-corrected chi connectivity index (χ3v) is 4.52. The van der Waals surface area contributed by atoms with E-state index in [9.17, 15) is 14.7 Å². The summed E-state index contributed by atoms with van der Waals surface area (Å²) in [6.07, 6.45) is 6.75. The van der Waals surface area contributed by atoms with E-state index in [1.807, 2.05) is 0 Å². The van der Waals surface area contributed by atoms with E-state index < -0.39 is 11.4 Å². The number of carbonyl (C=O) groups excluding carboxylic acids is 1. The maximum Gasteiger partial charge on any atom is 0.311 e. The second-order valence-corrected chi connectivity index (χ2v) is 6.36. The van der Waals surface area contributed by atoms with Crippen LogP contribution in [-0.4, -0.2) is 28.5 Å². The molecule has 0 bridgehead atoms. The van der Waals surface area contributed by atoms with Gasteiger partial charge >= 0.3 is 5.97 Å². The van der Waals surface area contributed by atoms with Gasteiger partial charge in [-0.05, 0) is 40.9 Å². The predicted molar refractivity (Wildman–Crippen MR) is 82.0 cm³/mol. The Balaban J connectivity index is 2.04. The fraction of sp³-hybridized carbons (Fsp3) is 0.533. The summed E-state index contributed by atoms with van der Waals surface area (Å²) in [5, 5.41) is 12.3. The van der Waals surface area contributed by atoms with Crippen LogP contribution in [0.3, 0.4) is 0 Å². The first-order valence-corrected chi connectivity index (χ1v) is 7.96. The summed E-state index contributed by atoms with van der Waals surface area (Å²) in [5.74, 6) is -1.07. The van der Waals surface area contributed by atoms with Crippen LogP contribution in [-0.2, 0) is 4.79 Å². The third-order valence-electron chi connectivity index (χ3n) is 4.09. The van der Waals surface area contributed by atoms with Crippen LogP contribution in [0.25, 0.3) is 0 Å². The molecule has 2 N–H and O–H groups in total. The van der Waals surface area contributed by atoms with E-state index >= 15 is 0 Å². The molecule has 21 heavy (non-hydrogen) atoms. The summed E-state index contributed by atoms with van der Waals surface area (Å²) in [4.78, 5) is 27.8. The summed E-state index contributed by atoms with van der Waals surface area (Å²) < 4.78 is 0.581. The monoisotopic (exact) mass is 354 g/mol. The average molecular weight is 355 g/mol. The molecule has 2 rings (SSSR count). The van der Waals surface area contributed by atoms with E-state index in [0.717, 1.165) is 25.7 Å². The molecule has 114 valence electrons. The van der Waals surface area contributed by atoms with Gasteiger partial charge in [-0.3, -0.25) is 9.59 Å². The number of halogens is 1. The lowest BCUT2D eigenvalue weighted by Gasteiger charge is -2.28. The Labute approximate surface area is 132 Å². The standard InChI is InChI=1S/C15H19BrN2O3/c16-12-9-11(5-8-17-12)13(19)18-10-15(14(20)21)6-3-1-2-4-7-15/h5,8-9H,1-4,6-7,10H2,(H,18,19)(H,20,21). The number of carboxylic acid groups (broad SMARTS) is 1. The lowest BCUT2D eigenvalue weighted by Crippen LogP contribution is -2.42. The highest BCUT2D eigenvalue weighted by Gasteiger charge is 2.38. The molecule has 1 saturated carbocycles. The molecule has 0 aromatic carbocycles. The first-order valence-electron chi connectivity index (χ1n) is 7.17. The van der Waals surface area contributed by atoms with Gasteiger partial charge in [0.15, 0.2) is 0 Å². The van der Waals surface area contributed by atoms with Crippen LogP contribution in [0, 0.1) is 5.41 Å². The number of carboxylic acids is 1. The summed E-state index contributed by atoms with van der Waals surface area (Å²) in [7, 11) is 0. The van der Waals surface area contributed by atoms with Gasteiger partial charge < -0.3 is 10.4 Å². The molecule has 1 fully saturated rings. The SMILES string of the molecule is O=C(NCC1(C(=O)O)CCCCCC1)c1ccnc(Br)c1. The number of rotatable bonds is 4. The quantitative estimate of drug-likeness (QED) is 0.643. The molecule has 5 nitrogen and oxygen atoms in total. The molecule has 0 spiro atoms. The van der Waals surface area contributed by atoms with Crippen molar-refractivity contribution in [3.8, 4) is 0 Å². The normalized spacial score (nSPS) is 17.8. The number of hydrogen-bond donors (Lipinski definition) is 2. The van der Waals surface area contributed by atoms with Crippen LogP contribution < -0.4 is 5.32 Å². The van der Waals surface area contributed by atoms with Crippen molar-refractivity contribution in [1.29, 1.82) is 0 Å². The molecule has 0 atom stereocenters. The van der Waals surface area contributed by atoms with Crippen molar-refractivity contribution < 1.29 is 14.7 Å². The number of hydrogen-bond acceptors (Lipinski definition) is 3. The highest BCUT2D eigenvalue weighted by Crippen LogP contribution is 2.34. The van der Waals surface area contributed by atoms with E-state index in [0.29, 0.717) is 23.0 Å². The van der Waals surface area contributed by atoms with E-state index in [2.05, 4.69) is 26.2 Å². The summed E-state index contributed by atoms with van der Waals surface area (Å²) in [5.41, 5.74) is -0.345. The van der Waals surface area contributed by atoms with Crippen molar-refractivity contribution in [2.45, 2.75) is 38.5 Å². The van der Waals surface area contributed by atoms with Gasteiger partial charge in [-0.1, -0.05) is 25.7 Å². The molecule has 0 unspecified atom stereocenters. The first kappa shape index (κ1) is 15.9. The van der Waals surface area contributed by atoms with Crippen LogP contribution in [0.4, 0.5) is 0 Å². The summed E-state index contributed by atoms with van der Waals surface area (Å²) in [6.45, 7) is 0.182. The molecule has 0 radical (unpaired) electrons. The van der Waals surface area contributed by atoms with Crippen LogP contribution in [0.5, 0.6) is 0 Å². The fourth-order valence-corrected chi connectivity index (χ4v) is 3.13. The number of amides is 1. The van der Waals surface area contributed by atoms with E-state index in [4.69, 9.17) is 0 Å². The fourth-order valence-electron chi connectivity index (χ4n) is 2.77. The minimum Gasteiger partial charge on any atom is -0.481 e. The van der Waals surface area contributed by atoms with Gasteiger partial charge in [-0.25, -0.2) is 4.98 Å². The zero-order chi connectivity index (χ0) is 15.3. The number of nitrogens with one attached hydrogen (secondary N) is 1. The van der Waals surface area contributed by atoms with Crippen LogP contribution in [0.1, 0.15) is 48.9 Å². The number of aliphatic carboxylic acids is 1. The Hall–Kier alpha value is -1.43. The molecule has 1 aliphatic carbocycles. The zero-order valence-corrected chi connectivity index (χ0v) is 13.4. The Morgan fingerprint density at radius 3 is 2.52 bits per heavy atom. The molecule has 0 aliphatic heterocycles. The third kappa shape index (κ3) is 4.03. The molecule has 1 amide bonds. The number of nitrogens with zero attached hydrogens (tertiary/aromatic N) is 1. The lowest BCUT2D eigenvalue weighted by molar-refractivity contribution is -0.149. The molecule has 1 aromatic heterocycles. The van der Waals surface area contributed by atoms with E-state index in [-0.39, 0.29) is 12.5 Å². The molecule has 1 aliphatic rings. The molecule has 0 saturated heterocycles. The maximum absolute atomic E-state index is 12.1. The Morgan fingerprint density at radius 2 is 1.95 bits per heavy atom. The molecule has 1 aromatic rings. The number of aromatic nitrogens is 1. The highest BCUT2D eigenvalue weighted by atomic mass is 79.9. The molecular weight excluding hydrogens is 336 g/mol. The second-order valence-electron chi connectivity index (χ2n) is 5.55. The topological polar surface area (TPSA) is 79.3 Å². The van der Waals surface area contributed by atoms with Gasteiger partial charge in [0.05, 0.1) is 5.41 Å². The molecular formula is C15H19BrN2O3. The zero-order valence-electron chi connectivity index (χ0n) is 11.8. The van der Waals surface area contributed by atoms with Gasteiger partial charge in [0.2, 0.25) is 0 Å². The summed E-state index contributed by atoms with van der Waals surface area (Å²) >= 11 is 3.22. The van der Waals surface area contributed by atoms with Gasteiger partial charge in [-0.15, -0.1) is 0 Å². The highest BCUT2D eigenvalue weighted by molar-refractivity contribution is 9.10. The van der Waals surface area contributed by atoms with E-state index in [1.165, 1.54) is 6.20 Å². The van der Waals surface area contributed by atoms with Gasteiger partial charge in [0.1, 0.15) is 4.60 Å². The van der Waals surface area contributed by atoms with Gasteiger partial charge in [-0.2, -0.15) is 0 Å². The van der Waals surface area contributed by atoms with Crippen LogP contribution in [0.2, 0.25) is 0 Å². The van der Waals surface area contributed by atoms with Crippen molar-refractivity contribution in [3.05, 3.63) is 28.5 Å². The smallest absolute Gasteiger partial charge is 0.311 e. The average Bonchev–Trinajstić information content (AvgIpc) is 2.71. The predicted octanol–water partition coefficient (Wildman–Crippen LogP) is 3.00. The molecule has 6 heteroatoms. The Morgan fingerprint density at radius 1 is 1.29 bits per heavy atom. The lowest BCUT2D eigenvalue weighted by atomic mass is 9.80. The van der Waals surface area contributed by atoms with Crippen molar-refractivity contribution >= 4 is 27.8 Å². The summed E-state index contributed by atoms with van der Waals surface area (Å²) in [6, 6.07) is 3.23. The van der Waals surface area contributed by atoms with E-state index in [1.54, 1.807) is 12.1 Å². The van der Waals surface area contributed by atoms with Crippen molar-refractivity contribution in [2.24, 2.45) is 5.41 Å². The number of pyridine rings is 1. The van der Waals surface area contributed by atoms with Crippen LogP contribution >= 0.6 is 15.9 Å². The largest absolute Gasteiger partial charge is 0.481 e. The minimum absolute atomic E-state index is 0.182. The molecule has 1 heterocycles. The van der Waals surface area contributed by atoms with Gasteiger partial charge in [0, 0.05) is 18.3 Å². The number of carbonyl (C=O) groups is 2. The van der Waals surface area contributed by atoms with Crippen molar-refractivity contribution in [1.82, 2.24) is 10.3 Å². The van der Waals surface area contributed by atoms with Crippen molar-refractivity contribution in [2.75, 3.05) is 6.54 Å². The first-order chi connectivity index (χ1) is 10.0. The maximum atomic E-state index is 12.1. The Bertz CT molecular complexity index is 525. The van der Waals surface area contributed by atoms with Crippen LogP contribution in [0.15, 0.2) is 22.9 Å². The minimum atomic E-state index is -0.823. The Kier molecular flexibility index (Phi) is 5.33. The second kappa shape index (κ2) is 7.02.